The van der Waals surface area contributed by atoms with E-state index in [1.54, 1.807) is 23.8 Å². The largest absolute Gasteiger partial charge is 0.384 e. The highest BCUT2D eigenvalue weighted by Crippen LogP contribution is 2.22. The number of amides is 2. The summed E-state index contributed by atoms with van der Waals surface area (Å²) in [5.41, 5.74) is -1.12. The van der Waals surface area contributed by atoms with Gasteiger partial charge >= 0.3 is 6.03 Å². The molecule has 0 saturated carbocycles. The van der Waals surface area contributed by atoms with Gasteiger partial charge < -0.3 is 15.7 Å². The van der Waals surface area contributed by atoms with E-state index in [9.17, 15) is 18.7 Å². The number of halogens is 2. The predicted molar refractivity (Wildman–Crippen MR) is 77.3 cm³/mol. The normalized spacial score (nSPS) is 13.5. The molecule has 2 aromatic rings. The molecular weight excluding hydrogens is 298 g/mol. The Morgan fingerprint density at radius 2 is 2.00 bits per heavy atom. The summed E-state index contributed by atoms with van der Waals surface area (Å²) >= 11 is 1.42. The van der Waals surface area contributed by atoms with Gasteiger partial charge in [-0.05, 0) is 41.4 Å². The number of hydrogen-bond donors (Lipinski definition) is 3. The van der Waals surface area contributed by atoms with Gasteiger partial charge in [0.25, 0.3) is 0 Å². The molecule has 0 spiro atoms. The lowest BCUT2D eigenvalue weighted by molar-refractivity contribution is 0.0604. The maximum absolute atomic E-state index is 13.4. The molecule has 0 aliphatic rings. The van der Waals surface area contributed by atoms with Crippen LogP contribution in [0.3, 0.4) is 0 Å². The Morgan fingerprint density at radius 1 is 1.33 bits per heavy atom. The molecule has 112 valence electrons. The molecule has 1 aromatic heterocycles. The predicted octanol–water partition coefficient (Wildman–Crippen LogP) is 3.06. The third-order valence-corrected chi connectivity index (χ3v) is 3.62. The zero-order valence-corrected chi connectivity index (χ0v) is 12.0. The Morgan fingerprint density at radius 3 is 2.57 bits per heavy atom. The number of carbonyl (C=O) groups excluding carboxylic acids is 1. The van der Waals surface area contributed by atoms with Gasteiger partial charge in [-0.25, -0.2) is 13.6 Å². The van der Waals surface area contributed by atoms with Gasteiger partial charge in [-0.3, -0.25) is 0 Å². The molecule has 0 fully saturated rings. The van der Waals surface area contributed by atoms with Crippen molar-refractivity contribution in [2.24, 2.45) is 0 Å². The Balaban J connectivity index is 1.97. The SMILES string of the molecule is CC(O)(CNC(=O)Nc1c(F)cccc1F)c1ccsc1. The van der Waals surface area contributed by atoms with E-state index in [1.807, 2.05) is 0 Å². The highest BCUT2D eigenvalue weighted by atomic mass is 32.1. The summed E-state index contributed by atoms with van der Waals surface area (Å²) in [4.78, 5) is 11.7. The van der Waals surface area contributed by atoms with E-state index in [4.69, 9.17) is 0 Å². The Labute approximate surface area is 124 Å². The minimum absolute atomic E-state index is 0.0916. The maximum Gasteiger partial charge on any atom is 0.319 e. The summed E-state index contributed by atoms with van der Waals surface area (Å²) in [6.45, 7) is 1.45. The fourth-order valence-corrected chi connectivity index (χ4v) is 2.48. The molecule has 0 saturated heterocycles. The van der Waals surface area contributed by atoms with E-state index in [2.05, 4.69) is 10.6 Å². The van der Waals surface area contributed by atoms with Gasteiger partial charge in [-0.2, -0.15) is 11.3 Å². The summed E-state index contributed by atoms with van der Waals surface area (Å²) in [6.07, 6.45) is 0. The minimum atomic E-state index is -1.26. The van der Waals surface area contributed by atoms with E-state index in [0.717, 1.165) is 12.1 Å². The monoisotopic (exact) mass is 312 g/mol. The summed E-state index contributed by atoms with van der Waals surface area (Å²) in [7, 11) is 0. The van der Waals surface area contributed by atoms with Crippen molar-refractivity contribution in [2.45, 2.75) is 12.5 Å². The Bertz CT molecular complexity index is 610. The molecule has 2 rings (SSSR count). The van der Waals surface area contributed by atoms with Crippen molar-refractivity contribution in [1.29, 1.82) is 0 Å². The molecule has 2 amide bonds. The van der Waals surface area contributed by atoms with Crippen LogP contribution in [0.1, 0.15) is 12.5 Å². The first-order chi connectivity index (χ1) is 9.90. The van der Waals surface area contributed by atoms with E-state index >= 15 is 0 Å². The second kappa shape index (κ2) is 6.19. The smallest absolute Gasteiger partial charge is 0.319 e. The van der Waals surface area contributed by atoms with Gasteiger partial charge in [0.2, 0.25) is 0 Å². The molecule has 21 heavy (non-hydrogen) atoms. The van der Waals surface area contributed by atoms with Crippen molar-refractivity contribution in [3.8, 4) is 0 Å². The van der Waals surface area contributed by atoms with Crippen LogP contribution in [-0.2, 0) is 5.60 Å². The summed E-state index contributed by atoms with van der Waals surface area (Å²) < 4.78 is 26.8. The van der Waals surface area contributed by atoms with Crippen LogP contribution in [0, 0.1) is 11.6 Å². The summed E-state index contributed by atoms with van der Waals surface area (Å²) in [6, 6.07) is 4.23. The number of urea groups is 1. The second-order valence-electron chi connectivity index (χ2n) is 4.69. The summed E-state index contributed by atoms with van der Waals surface area (Å²) in [5.74, 6) is -1.73. The van der Waals surface area contributed by atoms with Crippen LogP contribution in [0.2, 0.25) is 0 Å². The molecule has 3 N–H and O–H groups in total. The number of hydrogen-bond acceptors (Lipinski definition) is 3. The van der Waals surface area contributed by atoms with Crippen molar-refractivity contribution in [3.63, 3.8) is 0 Å². The van der Waals surface area contributed by atoms with Gasteiger partial charge in [0.15, 0.2) is 0 Å². The number of carbonyl (C=O) groups is 1. The number of thiophene rings is 1. The van der Waals surface area contributed by atoms with Crippen LogP contribution in [0.25, 0.3) is 0 Å². The number of rotatable bonds is 4. The van der Waals surface area contributed by atoms with Crippen LogP contribution in [-0.4, -0.2) is 17.7 Å². The topological polar surface area (TPSA) is 61.4 Å². The van der Waals surface area contributed by atoms with Crippen molar-refractivity contribution < 1.29 is 18.7 Å². The second-order valence-corrected chi connectivity index (χ2v) is 5.47. The van der Waals surface area contributed by atoms with Gasteiger partial charge in [-0.1, -0.05) is 6.07 Å². The van der Waals surface area contributed by atoms with Crippen LogP contribution in [0.4, 0.5) is 19.3 Å². The number of aliphatic hydroxyl groups is 1. The van der Waals surface area contributed by atoms with E-state index in [1.165, 1.54) is 17.4 Å². The molecule has 1 heterocycles. The Kier molecular flexibility index (Phi) is 4.54. The minimum Gasteiger partial charge on any atom is -0.384 e. The number of para-hydroxylation sites is 1. The Hall–Kier alpha value is -1.99. The van der Waals surface area contributed by atoms with Crippen molar-refractivity contribution >= 4 is 23.1 Å². The average Bonchev–Trinajstić information content (AvgIpc) is 2.96. The van der Waals surface area contributed by atoms with Gasteiger partial charge in [-0.15, -0.1) is 0 Å². The van der Waals surface area contributed by atoms with Crippen LogP contribution >= 0.6 is 11.3 Å². The quantitative estimate of drug-likeness (QED) is 0.812. The van der Waals surface area contributed by atoms with E-state index in [0.29, 0.717) is 5.56 Å². The van der Waals surface area contributed by atoms with Crippen LogP contribution in [0.15, 0.2) is 35.0 Å². The van der Waals surface area contributed by atoms with Gasteiger partial charge in [0.05, 0.1) is 6.54 Å². The van der Waals surface area contributed by atoms with Crippen molar-refractivity contribution in [1.82, 2.24) is 5.32 Å². The number of benzene rings is 1. The fourth-order valence-electron chi connectivity index (χ4n) is 1.70. The standard InChI is InChI=1S/C14H14F2N2O2S/c1-14(20,9-5-6-21-7-9)8-17-13(19)18-12-10(15)3-2-4-11(12)16/h2-7,20H,8H2,1H3,(H2,17,18,19). The van der Waals surface area contributed by atoms with Crippen molar-refractivity contribution in [2.75, 3.05) is 11.9 Å². The molecule has 0 radical (unpaired) electrons. The highest BCUT2D eigenvalue weighted by molar-refractivity contribution is 7.08. The third kappa shape index (κ3) is 3.77. The van der Waals surface area contributed by atoms with E-state index in [-0.39, 0.29) is 6.54 Å². The molecule has 0 bridgehead atoms. The van der Waals surface area contributed by atoms with Crippen LogP contribution in [0.5, 0.6) is 0 Å². The molecule has 1 atom stereocenters. The lowest BCUT2D eigenvalue weighted by Gasteiger charge is -2.23. The highest BCUT2D eigenvalue weighted by Gasteiger charge is 2.24. The molecule has 4 nitrogen and oxygen atoms in total. The zero-order valence-electron chi connectivity index (χ0n) is 11.2. The molecule has 7 heteroatoms. The molecule has 1 unspecified atom stereocenters. The van der Waals surface area contributed by atoms with Crippen molar-refractivity contribution in [3.05, 3.63) is 52.2 Å². The van der Waals surface area contributed by atoms with Crippen LogP contribution < -0.4 is 10.6 Å². The lowest BCUT2D eigenvalue weighted by Crippen LogP contribution is -2.40. The number of nitrogens with one attached hydrogen (secondary N) is 2. The maximum atomic E-state index is 13.4. The average molecular weight is 312 g/mol. The third-order valence-electron chi connectivity index (χ3n) is 2.94. The van der Waals surface area contributed by atoms with Gasteiger partial charge in [0.1, 0.15) is 22.9 Å². The first kappa shape index (κ1) is 15.4. The summed E-state index contributed by atoms with van der Waals surface area (Å²) in [5, 5.41) is 18.3. The zero-order chi connectivity index (χ0) is 15.5. The van der Waals surface area contributed by atoms with E-state index < -0.39 is 29.0 Å². The fraction of sp³-hybridized carbons (Fsp3) is 0.214. The molecular formula is C14H14F2N2O2S. The molecule has 1 aromatic carbocycles. The molecule has 0 aliphatic carbocycles. The lowest BCUT2D eigenvalue weighted by atomic mass is 9.99. The number of anilines is 1. The first-order valence-corrected chi connectivity index (χ1v) is 7.08. The first-order valence-electron chi connectivity index (χ1n) is 6.14. The van der Waals surface area contributed by atoms with Gasteiger partial charge in [0, 0.05) is 0 Å². The molecule has 0 aliphatic heterocycles.